The molecule has 0 unspecified atom stereocenters. The van der Waals surface area contributed by atoms with Gasteiger partial charge < -0.3 is 24.3 Å². The smallest absolute Gasteiger partial charge is 0.278 e. The van der Waals surface area contributed by atoms with Gasteiger partial charge in [0.25, 0.3) is 11.8 Å². The predicted molar refractivity (Wildman–Crippen MR) is 130 cm³/mol. The van der Waals surface area contributed by atoms with Gasteiger partial charge in [-0.25, -0.2) is 0 Å². The lowest BCUT2D eigenvalue weighted by Gasteiger charge is -2.15. The molecule has 1 heterocycles. The minimum Gasteiger partial charge on any atom is -0.497 e. The average Bonchev–Trinajstić information content (AvgIpc) is 3.05. The summed E-state index contributed by atoms with van der Waals surface area (Å²) in [6.07, 6.45) is 0.584. The number of ether oxygens (including phenoxy) is 4. The Balaban J connectivity index is 1.97. The number of carbonyl (C=O) groups excluding carboxylic acids is 2. The Bertz CT molecular complexity index is 1020. The van der Waals surface area contributed by atoms with Crippen molar-refractivity contribution in [2.75, 3.05) is 39.3 Å². The summed E-state index contributed by atoms with van der Waals surface area (Å²) >= 11 is 0. The van der Waals surface area contributed by atoms with Crippen molar-refractivity contribution in [3.8, 4) is 17.2 Å². The number of hydrogen-bond donors (Lipinski definition) is 1. The van der Waals surface area contributed by atoms with Gasteiger partial charge in [-0.05, 0) is 44.9 Å². The molecule has 34 heavy (non-hydrogen) atoms. The predicted octanol–water partition coefficient (Wildman–Crippen LogP) is 4.11. The van der Waals surface area contributed by atoms with Crippen molar-refractivity contribution in [2.24, 2.45) is 0 Å². The van der Waals surface area contributed by atoms with E-state index in [4.69, 9.17) is 18.9 Å². The van der Waals surface area contributed by atoms with Crippen LogP contribution in [-0.4, -0.2) is 56.8 Å². The molecule has 182 valence electrons. The molecule has 0 saturated carbocycles. The Kier molecular flexibility index (Phi) is 8.54. The number of rotatable bonds is 12. The lowest BCUT2D eigenvalue weighted by Crippen LogP contribution is -2.34. The summed E-state index contributed by atoms with van der Waals surface area (Å²) in [6.45, 7) is 7.12. The number of benzene rings is 2. The lowest BCUT2D eigenvalue weighted by atomic mass is 10.0. The Morgan fingerprint density at radius 2 is 1.56 bits per heavy atom. The number of methoxy groups -OCH3 is 2. The molecule has 1 aliphatic heterocycles. The highest BCUT2D eigenvalue weighted by molar-refractivity contribution is 6.36. The Labute approximate surface area is 200 Å². The van der Waals surface area contributed by atoms with Crippen LogP contribution >= 0.6 is 0 Å². The monoisotopic (exact) mass is 468 g/mol. The summed E-state index contributed by atoms with van der Waals surface area (Å²) in [5, 5.41) is 3.14. The second-order valence-corrected chi connectivity index (χ2v) is 7.98. The fourth-order valence-corrected chi connectivity index (χ4v) is 3.63. The minimum absolute atomic E-state index is 0.0286. The van der Waals surface area contributed by atoms with Crippen molar-refractivity contribution < 1.29 is 28.5 Å². The highest BCUT2D eigenvalue weighted by Gasteiger charge is 2.39. The maximum absolute atomic E-state index is 13.4. The summed E-state index contributed by atoms with van der Waals surface area (Å²) in [4.78, 5) is 28.0. The van der Waals surface area contributed by atoms with Crippen LogP contribution in [0.4, 0.5) is 5.69 Å². The average molecular weight is 469 g/mol. The van der Waals surface area contributed by atoms with Crippen LogP contribution in [-0.2, 0) is 14.3 Å². The molecule has 2 aromatic carbocycles. The summed E-state index contributed by atoms with van der Waals surface area (Å²) in [5.74, 6) is 1.07. The van der Waals surface area contributed by atoms with Crippen LogP contribution in [0.2, 0.25) is 0 Å². The molecule has 0 atom stereocenters. The van der Waals surface area contributed by atoms with Crippen LogP contribution in [0.5, 0.6) is 17.2 Å². The van der Waals surface area contributed by atoms with E-state index in [0.29, 0.717) is 53.7 Å². The molecule has 0 radical (unpaired) electrons. The molecule has 0 bridgehead atoms. The summed E-state index contributed by atoms with van der Waals surface area (Å²) in [6, 6.07) is 12.4. The van der Waals surface area contributed by atoms with Gasteiger partial charge >= 0.3 is 0 Å². The third-order valence-corrected chi connectivity index (χ3v) is 5.18. The van der Waals surface area contributed by atoms with Crippen molar-refractivity contribution in [3.63, 3.8) is 0 Å². The zero-order valence-electron chi connectivity index (χ0n) is 20.3. The van der Waals surface area contributed by atoms with Crippen LogP contribution in [0.25, 0.3) is 5.57 Å². The second-order valence-electron chi connectivity index (χ2n) is 7.98. The lowest BCUT2D eigenvalue weighted by molar-refractivity contribution is -0.137. The maximum Gasteiger partial charge on any atom is 0.278 e. The van der Waals surface area contributed by atoms with E-state index in [2.05, 4.69) is 5.32 Å². The van der Waals surface area contributed by atoms with Crippen LogP contribution in [0, 0.1) is 0 Å². The van der Waals surface area contributed by atoms with E-state index in [1.165, 1.54) is 4.90 Å². The van der Waals surface area contributed by atoms with Gasteiger partial charge in [0.15, 0.2) is 0 Å². The van der Waals surface area contributed by atoms with Gasteiger partial charge in [0.2, 0.25) is 0 Å². The van der Waals surface area contributed by atoms with Gasteiger partial charge in [-0.1, -0.05) is 12.1 Å². The van der Waals surface area contributed by atoms with Crippen molar-refractivity contribution in [2.45, 2.75) is 33.3 Å². The van der Waals surface area contributed by atoms with Crippen molar-refractivity contribution >= 4 is 23.1 Å². The molecular weight excluding hydrogens is 436 g/mol. The van der Waals surface area contributed by atoms with Crippen LogP contribution in [0.1, 0.15) is 32.8 Å². The molecule has 1 N–H and O–H groups in total. The van der Waals surface area contributed by atoms with Gasteiger partial charge in [-0.2, -0.15) is 0 Å². The number of amides is 2. The van der Waals surface area contributed by atoms with Crippen LogP contribution in [0.3, 0.4) is 0 Å². The minimum atomic E-state index is -0.388. The van der Waals surface area contributed by atoms with Crippen molar-refractivity contribution in [1.29, 1.82) is 0 Å². The molecule has 0 saturated heterocycles. The number of carbonyl (C=O) groups is 2. The topological polar surface area (TPSA) is 86.3 Å². The van der Waals surface area contributed by atoms with Gasteiger partial charge in [0.05, 0.1) is 25.9 Å². The number of anilines is 1. The largest absolute Gasteiger partial charge is 0.497 e. The van der Waals surface area contributed by atoms with Crippen LogP contribution in [0.15, 0.2) is 48.2 Å². The standard InChI is InChI=1S/C26H32N2O6/c1-6-33-13-7-12-28-25(29)23(18-8-10-20(11-9-18)34-17(2)3)24(26(28)30)27-19-14-21(31-4)16-22(15-19)32-5/h8-11,14-17,27H,6-7,12-13H2,1-5H3. The van der Waals surface area contributed by atoms with Gasteiger partial charge in [-0.15, -0.1) is 0 Å². The second kappa shape index (κ2) is 11.6. The summed E-state index contributed by atoms with van der Waals surface area (Å²) in [5.41, 5.74) is 1.70. The zero-order valence-corrected chi connectivity index (χ0v) is 20.3. The van der Waals surface area contributed by atoms with Gasteiger partial charge in [-0.3, -0.25) is 14.5 Å². The maximum atomic E-state index is 13.4. The van der Waals surface area contributed by atoms with Crippen LogP contribution < -0.4 is 19.5 Å². The normalized spacial score (nSPS) is 13.6. The van der Waals surface area contributed by atoms with Crippen molar-refractivity contribution in [1.82, 2.24) is 4.90 Å². The first-order valence-electron chi connectivity index (χ1n) is 11.3. The Morgan fingerprint density at radius 3 is 2.12 bits per heavy atom. The SMILES string of the molecule is CCOCCCN1C(=O)C(Nc2cc(OC)cc(OC)c2)=C(c2ccc(OC(C)C)cc2)C1=O. The Hall–Kier alpha value is -3.52. The quantitative estimate of drug-likeness (QED) is 0.371. The molecule has 0 spiro atoms. The molecule has 2 aromatic rings. The molecular formula is C26H32N2O6. The molecule has 1 aliphatic rings. The fourth-order valence-electron chi connectivity index (χ4n) is 3.63. The Morgan fingerprint density at radius 1 is 0.912 bits per heavy atom. The third kappa shape index (κ3) is 5.88. The third-order valence-electron chi connectivity index (χ3n) is 5.18. The van der Waals surface area contributed by atoms with E-state index >= 15 is 0 Å². The fraction of sp³-hybridized carbons (Fsp3) is 0.385. The molecule has 3 rings (SSSR count). The molecule has 0 fully saturated rings. The molecule has 8 nitrogen and oxygen atoms in total. The zero-order chi connectivity index (χ0) is 24.7. The molecule has 8 heteroatoms. The number of nitrogens with one attached hydrogen (secondary N) is 1. The van der Waals surface area contributed by atoms with E-state index in [0.717, 1.165) is 0 Å². The van der Waals surface area contributed by atoms with Crippen molar-refractivity contribution in [3.05, 3.63) is 53.7 Å². The molecule has 0 aliphatic carbocycles. The van der Waals surface area contributed by atoms with E-state index in [9.17, 15) is 9.59 Å². The first-order valence-corrected chi connectivity index (χ1v) is 11.3. The molecule has 0 aromatic heterocycles. The van der Waals surface area contributed by atoms with E-state index in [-0.39, 0.29) is 30.2 Å². The number of nitrogens with zero attached hydrogens (tertiary/aromatic N) is 1. The van der Waals surface area contributed by atoms with Gasteiger partial charge in [0, 0.05) is 43.6 Å². The highest BCUT2D eigenvalue weighted by Crippen LogP contribution is 2.33. The van der Waals surface area contributed by atoms with E-state index in [1.54, 1.807) is 56.7 Å². The van der Waals surface area contributed by atoms with E-state index in [1.807, 2.05) is 20.8 Å². The molecule has 2 amide bonds. The van der Waals surface area contributed by atoms with Gasteiger partial charge in [0.1, 0.15) is 22.9 Å². The summed E-state index contributed by atoms with van der Waals surface area (Å²) in [7, 11) is 3.10. The van der Waals surface area contributed by atoms with E-state index < -0.39 is 0 Å². The highest BCUT2D eigenvalue weighted by atomic mass is 16.5. The number of imide groups is 1. The number of hydrogen-bond acceptors (Lipinski definition) is 7. The first-order chi connectivity index (χ1) is 16.4. The summed E-state index contributed by atoms with van der Waals surface area (Å²) < 4.78 is 21.8. The first kappa shape index (κ1) is 25.1.